The molecular formula is C42H38N3P. The van der Waals surface area contributed by atoms with Crippen LogP contribution in [0.2, 0.25) is 0 Å². The molecule has 9 rings (SSSR count). The predicted octanol–water partition coefficient (Wildman–Crippen LogP) is 10.4. The van der Waals surface area contributed by atoms with Gasteiger partial charge in [0.15, 0.2) is 0 Å². The Kier molecular flexibility index (Phi) is 6.94. The molecule has 0 amide bonds. The number of nitrogens with one attached hydrogen (secondary N) is 3. The Morgan fingerprint density at radius 1 is 0.435 bits per heavy atom. The van der Waals surface area contributed by atoms with Crippen molar-refractivity contribution >= 4 is 7.53 Å². The molecule has 2 unspecified atom stereocenters. The number of rotatable bonds is 3. The Morgan fingerprint density at radius 2 is 0.848 bits per heavy atom. The van der Waals surface area contributed by atoms with E-state index in [-0.39, 0.29) is 11.8 Å². The number of aromatic nitrogens is 3. The Labute approximate surface area is 271 Å². The van der Waals surface area contributed by atoms with Gasteiger partial charge in [0.05, 0.1) is 11.8 Å². The summed E-state index contributed by atoms with van der Waals surface area (Å²) in [4.78, 5) is 11.9. The molecule has 4 heteroatoms. The van der Waals surface area contributed by atoms with Gasteiger partial charge in [-0.25, -0.2) is 0 Å². The van der Waals surface area contributed by atoms with Crippen molar-refractivity contribution in [3.05, 3.63) is 194 Å². The lowest BCUT2D eigenvalue weighted by atomic mass is 9.90. The normalized spacial score (nSPS) is 17.9. The van der Waals surface area contributed by atoms with Crippen LogP contribution in [-0.4, -0.2) is 15.0 Å². The number of H-pyrrole nitrogens is 3. The molecule has 1 aliphatic carbocycles. The molecule has 0 saturated heterocycles. The van der Waals surface area contributed by atoms with Crippen molar-refractivity contribution < 1.29 is 0 Å². The maximum atomic E-state index is 3.97. The quantitative estimate of drug-likeness (QED) is 0.177. The summed E-state index contributed by atoms with van der Waals surface area (Å²) in [5.41, 5.74) is 13.4. The third kappa shape index (κ3) is 4.82. The van der Waals surface area contributed by atoms with Crippen LogP contribution in [0, 0.1) is 0 Å². The van der Waals surface area contributed by atoms with Gasteiger partial charge in [-0.3, -0.25) is 0 Å². The Balaban J connectivity index is 1.29. The first-order valence-corrected chi connectivity index (χ1v) is 18.1. The number of benzene rings is 3. The molecule has 8 bridgehead atoms. The minimum Gasteiger partial charge on any atom is -0.361 e. The van der Waals surface area contributed by atoms with Crippen LogP contribution in [0.25, 0.3) is 5.30 Å². The summed E-state index contributed by atoms with van der Waals surface area (Å²) in [6.45, 7) is 0. The van der Waals surface area contributed by atoms with E-state index in [0.717, 1.165) is 12.8 Å². The Hall–Kier alpha value is -4.72. The van der Waals surface area contributed by atoms with E-state index >= 15 is 0 Å². The van der Waals surface area contributed by atoms with E-state index in [0.29, 0.717) is 0 Å². The topological polar surface area (TPSA) is 47.4 Å². The summed E-state index contributed by atoms with van der Waals surface area (Å²) in [7, 11) is -0.575. The van der Waals surface area contributed by atoms with Gasteiger partial charge in [-0.05, 0) is 100 Å². The molecule has 3 N–H and O–H groups in total. The molecule has 3 aromatic carbocycles. The molecule has 7 aromatic rings. The number of aromatic amines is 3. The van der Waals surface area contributed by atoms with Crippen molar-refractivity contribution in [3.63, 3.8) is 0 Å². The highest BCUT2D eigenvalue weighted by atomic mass is 31.1. The molecule has 0 radical (unpaired) electrons. The summed E-state index contributed by atoms with van der Waals surface area (Å²) in [5.74, 6) is 0.172. The standard InChI is InChI=1S/C42H38N3P/c1-4-12-28(13-5-1)41-35-22-20-30(43-35)26-39-33-18-10-11-19-34(33)40(46(39)32-16-8-3-9-17-32)27-31-21-23-36(44-31)42(29-14-6-2-7-15-29)38-25-24-37(41)45-38/h1-9,12-17,20-25,41-45H,10-11,18-19,26-27H2. The largest absolute Gasteiger partial charge is 0.361 e. The molecular weight excluding hydrogens is 577 g/mol. The highest BCUT2D eigenvalue weighted by molar-refractivity contribution is 7.59. The Bertz CT molecular complexity index is 1980. The minimum atomic E-state index is -0.575. The van der Waals surface area contributed by atoms with Gasteiger partial charge < -0.3 is 15.0 Å². The number of hydrogen-bond acceptors (Lipinski definition) is 0. The van der Waals surface area contributed by atoms with E-state index in [9.17, 15) is 0 Å². The summed E-state index contributed by atoms with van der Waals surface area (Å²) in [5, 5.41) is 4.82. The van der Waals surface area contributed by atoms with Crippen LogP contribution in [-0.2, 0) is 25.7 Å². The second-order valence-corrected chi connectivity index (χ2v) is 15.3. The number of hydrogen-bond donors (Lipinski definition) is 3. The van der Waals surface area contributed by atoms with Gasteiger partial charge in [0.1, 0.15) is 0 Å². The first-order chi connectivity index (χ1) is 22.8. The monoisotopic (exact) mass is 615 g/mol. The van der Waals surface area contributed by atoms with Gasteiger partial charge in [-0.1, -0.05) is 98.5 Å². The van der Waals surface area contributed by atoms with E-state index in [4.69, 9.17) is 0 Å². The fourth-order valence-electron chi connectivity index (χ4n) is 8.17. The van der Waals surface area contributed by atoms with Gasteiger partial charge in [0.2, 0.25) is 0 Å². The van der Waals surface area contributed by atoms with Crippen molar-refractivity contribution in [2.75, 3.05) is 0 Å². The molecule has 4 aromatic heterocycles. The SMILES string of the molecule is c1ccc(C2c3ccc([nH]3)Cc3c4c(c(p3-c3ccccc3)Cc3ccc([nH]3)C(c3ccccc3)c3ccc2[nH]3)CCCC4)cc1. The number of fused-ring (bicyclic) bond motifs is 11. The minimum absolute atomic E-state index is 0.0861. The molecule has 2 atom stereocenters. The lowest BCUT2D eigenvalue weighted by Crippen LogP contribution is -2.08. The van der Waals surface area contributed by atoms with Gasteiger partial charge in [0, 0.05) is 47.0 Å². The van der Waals surface area contributed by atoms with Crippen LogP contribution in [0.1, 0.15) is 91.7 Å². The first-order valence-electron chi connectivity index (χ1n) is 16.7. The third-order valence-electron chi connectivity index (χ3n) is 10.2. The lowest BCUT2D eigenvalue weighted by molar-refractivity contribution is 0.681. The maximum Gasteiger partial charge on any atom is 0.0641 e. The maximum absolute atomic E-state index is 3.97. The second-order valence-electron chi connectivity index (χ2n) is 13.0. The highest BCUT2D eigenvalue weighted by Crippen LogP contribution is 2.55. The van der Waals surface area contributed by atoms with Gasteiger partial charge in [0.25, 0.3) is 0 Å². The van der Waals surface area contributed by atoms with Crippen LogP contribution in [0.15, 0.2) is 127 Å². The van der Waals surface area contributed by atoms with E-state index in [2.05, 4.69) is 142 Å². The van der Waals surface area contributed by atoms with Crippen molar-refractivity contribution in [2.24, 2.45) is 0 Å². The molecule has 0 fully saturated rings. The zero-order valence-electron chi connectivity index (χ0n) is 26.0. The molecule has 3 nitrogen and oxygen atoms in total. The zero-order chi connectivity index (χ0) is 30.5. The van der Waals surface area contributed by atoms with Crippen molar-refractivity contribution in [2.45, 2.75) is 50.4 Å². The predicted molar refractivity (Wildman–Crippen MR) is 190 cm³/mol. The van der Waals surface area contributed by atoms with Crippen molar-refractivity contribution in [3.8, 4) is 5.30 Å². The van der Waals surface area contributed by atoms with Crippen molar-refractivity contribution in [1.29, 1.82) is 0 Å². The molecule has 1 aliphatic heterocycles. The highest BCUT2D eigenvalue weighted by Gasteiger charge is 2.29. The van der Waals surface area contributed by atoms with Crippen LogP contribution in [0.3, 0.4) is 0 Å². The second kappa shape index (κ2) is 11.6. The van der Waals surface area contributed by atoms with E-state index < -0.39 is 7.53 Å². The fourth-order valence-corrected chi connectivity index (χ4v) is 11.3. The van der Waals surface area contributed by atoms with Gasteiger partial charge >= 0.3 is 0 Å². The smallest absolute Gasteiger partial charge is 0.0641 e. The van der Waals surface area contributed by atoms with E-state index in [1.807, 2.05) is 0 Å². The molecule has 0 saturated carbocycles. The Morgan fingerprint density at radius 3 is 1.33 bits per heavy atom. The average Bonchev–Trinajstić information content (AvgIpc) is 3.92. The van der Waals surface area contributed by atoms with Crippen LogP contribution >= 0.6 is 7.53 Å². The van der Waals surface area contributed by atoms with Gasteiger partial charge in [-0.2, -0.15) is 0 Å². The average molecular weight is 616 g/mol. The van der Waals surface area contributed by atoms with Crippen LogP contribution in [0.4, 0.5) is 0 Å². The molecule has 46 heavy (non-hydrogen) atoms. The first kappa shape index (κ1) is 27.6. The molecule has 226 valence electrons. The van der Waals surface area contributed by atoms with E-state index in [1.54, 1.807) is 21.7 Å². The lowest BCUT2D eigenvalue weighted by Gasteiger charge is -2.18. The third-order valence-corrected chi connectivity index (χ3v) is 13.0. The summed E-state index contributed by atoms with van der Waals surface area (Å²) in [6, 6.07) is 47.2. The fraction of sp³-hybridized carbons (Fsp3) is 0.190. The van der Waals surface area contributed by atoms with Gasteiger partial charge in [-0.15, -0.1) is 0 Å². The van der Waals surface area contributed by atoms with Crippen LogP contribution < -0.4 is 0 Å². The molecule has 2 aliphatic rings. The van der Waals surface area contributed by atoms with Crippen molar-refractivity contribution in [1.82, 2.24) is 15.0 Å². The molecule has 0 spiro atoms. The van der Waals surface area contributed by atoms with Crippen LogP contribution in [0.5, 0.6) is 0 Å². The summed E-state index contributed by atoms with van der Waals surface area (Å²) in [6.07, 6.45) is 6.95. The summed E-state index contributed by atoms with van der Waals surface area (Å²) < 4.78 is 0. The molecule has 5 heterocycles. The van der Waals surface area contributed by atoms with E-state index in [1.165, 1.54) is 76.3 Å². The zero-order valence-corrected chi connectivity index (χ0v) is 26.9. The summed E-state index contributed by atoms with van der Waals surface area (Å²) >= 11 is 0.